The molecule has 0 aliphatic carbocycles. The number of carbonyl (C=O) groups excluding carboxylic acids is 1. The molecule has 0 saturated carbocycles. The van der Waals surface area contributed by atoms with E-state index in [4.69, 9.17) is 0 Å². The first-order valence-corrected chi connectivity index (χ1v) is 9.80. The number of ether oxygens (including phenoxy) is 1. The average Bonchev–Trinajstić information content (AvgIpc) is 2.76. The number of rotatable bonds is 9. The van der Waals surface area contributed by atoms with Crippen molar-refractivity contribution in [2.24, 2.45) is 0 Å². The summed E-state index contributed by atoms with van der Waals surface area (Å²) in [4.78, 5) is 12.5. The minimum absolute atomic E-state index is 0.0788. The fourth-order valence-corrected chi connectivity index (χ4v) is 3.33. The molecule has 0 heterocycles. The summed E-state index contributed by atoms with van der Waals surface area (Å²) in [6.07, 6.45) is 0. The van der Waals surface area contributed by atoms with Crippen LogP contribution in [-0.4, -0.2) is 19.1 Å². The van der Waals surface area contributed by atoms with Crippen LogP contribution in [0.1, 0.15) is 35.7 Å². The molecule has 3 aromatic carbocycles. The zero-order chi connectivity index (χ0) is 21.3. The second-order valence-electron chi connectivity index (χ2n) is 6.98. The van der Waals surface area contributed by atoms with Crippen molar-refractivity contribution in [3.05, 3.63) is 102 Å². The molecule has 0 fully saturated rings. The summed E-state index contributed by atoms with van der Waals surface area (Å²) in [5.41, 5.74) is 2.95. The van der Waals surface area contributed by atoms with Gasteiger partial charge in [0, 0.05) is 11.1 Å². The van der Waals surface area contributed by atoms with Crippen molar-refractivity contribution in [1.82, 2.24) is 5.32 Å². The Labute approximate surface area is 174 Å². The van der Waals surface area contributed by atoms with Crippen LogP contribution in [0.4, 0.5) is 8.78 Å². The number of hydrogen-bond donors (Lipinski definition) is 2. The van der Waals surface area contributed by atoms with E-state index in [0.29, 0.717) is 0 Å². The smallest absolute Gasteiger partial charge is 0.387 e. The molecule has 2 atom stereocenters. The molecule has 0 aliphatic rings. The number of quaternary nitrogens is 1. The van der Waals surface area contributed by atoms with Gasteiger partial charge in [0.1, 0.15) is 11.8 Å². The maximum Gasteiger partial charge on any atom is 0.387 e. The number of hydrogen-bond acceptors (Lipinski definition) is 2. The third-order valence-corrected chi connectivity index (χ3v) is 4.84. The van der Waals surface area contributed by atoms with Gasteiger partial charge in [-0.1, -0.05) is 60.7 Å². The summed E-state index contributed by atoms with van der Waals surface area (Å²) < 4.78 is 29.2. The lowest BCUT2D eigenvalue weighted by molar-refractivity contribution is -0.676. The van der Waals surface area contributed by atoms with Crippen LogP contribution in [0.2, 0.25) is 0 Å². The summed E-state index contributed by atoms with van der Waals surface area (Å²) in [6.45, 7) is -0.682. The Bertz CT molecular complexity index is 919. The molecule has 0 aliphatic heterocycles. The number of carbonyl (C=O) groups is 1. The van der Waals surface area contributed by atoms with Gasteiger partial charge in [0.2, 0.25) is 0 Å². The fraction of sp³-hybridized carbons (Fsp3) is 0.208. The first kappa shape index (κ1) is 21.5. The van der Waals surface area contributed by atoms with E-state index in [-0.39, 0.29) is 30.3 Å². The molecule has 0 aromatic heterocycles. The molecule has 3 rings (SSSR count). The van der Waals surface area contributed by atoms with Crippen LogP contribution in [0.3, 0.4) is 0 Å². The maximum absolute atomic E-state index is 12.5. The SMILES string of the molecule is C[C@@H](NC(=O)C[NH2+][C@H](c1ccccc1)c1ccc(OC(F)F)cc1)c1ccccc1. The van der Waals surface area contributed by atoms with Gasteiger partial charge >= 0.3 is 6.61 Å². The Morgan fingerprint density at radius 2 is 1.40 bits per heavy atom. The third kappa shape index (κ3) is 6.12. The van der Waals surface area contributed by atoms with E-state index in [1.807, 2.05) is 72.9 Å². The fourth-order valence-electron chi connectivity index (χ4n) is 3.33. The van der Waals surface area contributed by atoms with Crippen molar-refractivity contribution in [2.45, 2.75) is 25.6 Å². The van der Waals surface area contributed by atoms with Crippen LogP contribution in [0, 0.1) is 0 Å². The highest BCUT2D eigenvalue weighted by Gasteiger charge is 2.20. The van der Waals surface area contributed by atoms with Crippen LogP contribution in [0.25, 0.3) is 0 Å². The van der Waals surface area contributed by atoms with Gasteiger partial charge in [0.15, 0.2) is 6.54 Å². The van der Waals surface area contributed by atoms with Crippen LogP contribution < -0.4 is 15.4 Å². The van der Waals surface area contributed by atoms with Crippen molar-refractivity contribution < 1.29 is 23.6 Å². The number of nitrogens with two attached hydrogens (primary N) is 1. The molecular formula is C24H25F2N2O2+. The Hall–Kier alpha value is -3.25. The molecule has 0 saturated heterocycles. The van der Waals surface area contributed by atoms with Crippen molar-refractivity contribution in [3.8, 4) is 5.75 Å². The summed E-state index contributed by atoms with van der Waals surface area (Å²) in [5, 5.41) is 4.95. The number of amides is 1. The highest BCUT2D eigenvalue weighted by atomic mass is 19.3. The molecule has 4 nitrogen and oxygen atoms in total. The molecular weight excluding hydrogens is 386 g/mol. The second kappa shape index (κ2) is 10.5. The van der Waals surface area contributed by atoms with Gasteiger partial charge in [-0.2, -0.15) is 8.78 Å². The number of nitrogens with one attached hydrogen (secondary N) is 1. The Balaban J connectivity index is 1.68. The topological polar surface area (TPSA) is 54.9 Å². The van der Waals surface area contributed by atoms with Gasteiger partial charge in [-0.05, 0) is 36.8 Å². The van der Waals surface area contributed by atoms with Crippen molar-refractivity contribution >= 4 is 5.91 Å². The molecule has 0 unspecified atom stereocenters. The normalized spacial score (nSPS) is 12.9. The highest BCUT2D eigenvalue weighted by molar-refractivity contribution is 5.77. The minimum Gasteiger partial charge on any atom is -0.435 e. The molecule has 156 valence electrons. The standard InChI is InChI=1S/C24H24F2N2O2/c1-17(18-8-4-2-5-9-18)28-22(29)16-27-23(19-10-6-3-7-11-19)20-12-14-21(15-13-20)30-24(25)26/h2-15,17,23-24,27H,16H2,1H3,(H,28,29)/p+1/t17-,23-/m1/s1. The lowest BCUT2D eigenvalue weighted by Crippen LogP contribution is -2.87. The second-order valence-corrected chi connectivity index (χ2v) is 6.98. The largest absolute Gasteiger partial charge is 0.435 e. The molecule has 0 bridgehead atoms. The van der Waals surface area contributed by atoms with E-state index in [0.717, 1.165) is 16.7 Å². The molecule has 0 radical (unpaired) electrons. The van der Waals surface area contributed by atoms with E-state index in [1.165, 1.54) is 12.1 Å². The van der Waals surface area contributed by atoms with Gasteiger partial charge < -0.3 is 15.4 Å². The van der Waals surface area contributed by atoms with Crippen LogP contribution in [0.5, 0.6) is 5.75 Å². The molecule has 6 heteroatoms. The highest BCUT2D eigenvalue weighted by Crippen LogP contribution is 2.22. The van der Waals surface area contributed by atoms with E-state index in [9.17, 15) is 13.6 Å². The van der Waals surface area contributed by atoms with Crippen molar-refractivity contribution in [3.63, 3.8) is 0 Å². The molecule has 1 amide bonds. The van der Waals surface area contributed by atoms with E-state index in [2.05, 4.69) is 10.1 Å². The predicted molar refractivity (Wildman–Crippen MR) is 111 cm³/mol. The van der Waals surface area contributed by atoms with Crippen molar-refractivity contribution in [2.75, 3.05) is 6.54 Å². The average molecular weight is 411 g/mol. The van der Waals surface area contributed by atoms with E-state index < -0.39 is 6.61 Å². The van der Waals surface area contributed by atoms with Crippen LogP contribution >= 0.6 is 0 Å². The Morgan fingerprint density at radius 3 is 1.97 bits per heavy atom. The number of alkyl halides is 2. The van der Waals surface area contributed by atoms with Gasteiger partial charge in [0.25, 0.3) is 5.91 Å². The first-order valence-electron chi connectivity index (χ1n) is 9.80. The Morgan fingerprint density at radius 1 is 0.867 bits per heavy atom. The molecule has 30 heavy (non-hydrogen) atoms. The van der Waals surface area contributed by atoms with Gasteiger partial charge in [-0.15, -0.1) is 0 Å². The molecule has 3 N–H and O–H groups in total. The van der Waals surface area contributed by atoms with Gasteiger partial charge in [0.05, 0.1) is 6.04 Å². The zero-order valence-corrected chi connectivity index (χ0v) is 16.7. The summed E-state index contributed by atoms with van der Waals surface area (Å²) in [6, 6.07) is 25.8. The van der Waals surface area contributed by atoms with Crippen LogP contribution in [0.15, 0.2) is 84.9 Å². The summed E-state index contributed by atoms with van der Waals surface area (Å²) in [7, 11) is 0. The molecule has 0 spiro atoms. The van der Waals surface area contributed by atoms with Crippen LogP contribution in [-0.2, 0) is 4.79 Å². The lowest BCUT2D eigenvalue weighted by Gasteiger charge is -2.18. The zero-order valence-electron chi connectivity index (χ0n) is 16.7. The lowest BCUT2D eigenvalue weighted by atomic mass is 9.98. The van der Waals surface area contributed by atoms with E-state index in [1.54, 1.807) is 12.1 Å². The minimum atomic E-state index is -2.86. The van der Waals surface area contributed by atoms with Crippen molar-refractivity contribution in [1.29, 1.82) is 0 Å². The predicted octanol–water partition coefficient (Wildman–Crippen LogP) is 3.82. The Kier molecular flexibility index (Phi) is 7.51. The maximum atomic E-state index is 12.5. The third-order valence-electron chi connectivity index (χ3n) is 4.84. The quantitative estimate of drug-likeness (QED) is 0.563. The summed E-state index contributed by atoms with van der Waals surface area (Å²) >= 11 is 0. The monoisotopic (exact) mass is 411 g/mol. The van der Waals surface area contributed by atoms with Gasteiger partial charge in [-0.25, -0.2) is 0 Å². The summed E-state index contributed by atoms with van der Waals surface area (Å²) in [5.74, 6) is 0.0277. The first-order chi connectivity index (χ1) is 14.5. The van der Waals surface area contributed by atoms with E-state index >= 15 is 0 Å². The number of benzene rings is 3. The molecule has 3 aromatic rings. The number of halogens is 2. The van der Waals surface area contributed by atoms with Gasteiger partial charge in [-0.3, -0.25) is 4.79 Å².